The molecule has 7 nitrogen and oxygen atoms in total. The number of hydrogen-bond acceptors (Lipinski definition) is 6. The molecule has 5 rings (SSSR count). The second-order valence-electron chi connectivity index (χ2n) is 7.11. The standard InChI is InChI=1S/C20H17N3O4S/c21-8-14-13-2-1-3-17(13)28-20(14)22-19(25)11-6-18(24)23(9-11)12-4-5-15-16(7-12)27-10-26-15/h4-5,7,11H,1-3,6,9-10H2,(H,22,25)/t11-/m1/s1. The quantitative estimate of drug-likeness (QED) is 0.863. The smallest absolute Gasteiger partial charge is 0.231 e. The second kappa shape index (κ2) is 6.53. The van der Waals surface area contributed by atoms with E-state index >= 15 is 0 Å². The van der Waals surface area contributed by atoms with Crippen LogP contribution in [0.1, 0.15) is 28.8 Å². The van der Waals surface area contributed by atoms with Gasteiger partial charge in [-0.15, -0.1) is 11.3 Å². The zero-order valence-electron chi connectivity index (χ0n) is 15.0. The molecule has 1 aliphatic carbocycles. The Bertz CT molecular complexity index is 1040. The van der Waals surface area contributed by atoms with E-state index in [1.807, 2.05) is 0 Å². The Morgan fingerprint density at radius 3 is 3.00 bits per heavy atom. The Labute approximate surface area is 165 Å². The van der Waals surface area contributed by atoms with E-state index in [1.54, 1.807) is 23.1 Å². The monoisotopic (exact) mass is 395 g/mol. The van der Waals surface area contributed by atoms with Crippen molar-refractivity contribution in [2.45, 2.75) is 25.7 Å². The Balaban J connectivity index is 1.32. The number of benzene rings is 1. The van der Waals surface area contributed by atoms with Gasteiger partial charge in [0.2, 0.25) is 18.6 Å². The fraction of sp³-hybridized carbons (Fsp3) is 0.350. The van der Waals surface area contributed by atoms with Crippen molar-refractivity contribution in [2.24, 2.45) is 5.92 Å². The highest BCUT2D eigenvalue weighted by molar-refractivity contribution is 7.16. The Hall–Kier alpha value is -3.05. The third kappa shape index (κ3) is 2.70. The Morgan fingerprint density at radius 1 is 1.29 bits per heavy atom. The van der Waals surface area contributed by atoms with Crippen LogP contribution < -0.4 is 19.7 Å². The number of ether oxygens (including phenoxy) is 2. The van der Waals surface area contributed by atoms with Gasteiger partial charge in [-0.1, -0.05) is 0 Å². The largest absolute Gasteiger partial charge is 0.454 e. The molecule has 1 atom stereocenters. The number of fused-ring (bicyclic) bond motifs is 2. The third-order valence-corrected chi connectivity index (χ3v) is 6.64. The molecule has 1 saturated heterocycles. The number of nitrogens with one attached hydrogen (secondary N) is 1. The van der Waals surface area contributed by atoms with Crippen LogP contribution in [-0.2, 0) is 22.4 Å². The van der Waals surface area contributed by atoms with Gasteiger partial charge in [0.15, 0.2) is 11.5 Å². The van der Waals surface area contributed by atoms with E-state index in [0.29, 0.717) is 34.3 Å². The van der Waals surface area contributed by atoms with Crippen LogP contribution in [0.15, 0.2) is 18.2 Å². The van der Waals surface area contributed by atoms with E-state index in [0.717, 1.165) is 24.8 Å². The molecule has 1 fully saturated rings. The van der Waals surface area contributed by atoms with Gasteiger partial charge in [-0.3, -0.25) is 9.59 Å². The fourth-order valence-corrected chi connectivity index (χ4v) is 5.25. The molecule has 3 heterocycles. The summed E-state index contributed by atoms with van der Waals surface area (Å²) >= 11 is 1.49. The molecule has 0 saturated carbocycles. The van der Waals surface area contributed by atoms with E-state index in [2.05, 4.69) is 11.4 Å². The number of anilines is 2. The van der Waals surface area contributed by atoms with E-state index in [1.165, 1.54) is 16.2 Å². The van der Waals surface area contributed by atoms with Crippen molar-refractivity contribution in [2.75, 3.05) is 23.6 Å². The van der Waals surface area contributed by atoms with Crippen LogP contribution >= 0.6 is 11.3 Å². The van der Waals surface area contributed by atoms with Crippen LogP contribution in [0.2, 0.25) is 0 Å². The van der Waals surface area contributed by atoms with Gasteiger partial charge in [0, 0.05) is 29.6 Å². The minimum Gasteiger partial charge on any atom is -0.454 e. The lowest BCUT2D eigenvalue weighted by molar-refractivity contribution is -0.122. The van der Waals surface area contributed by atoms with Crippen molar-refractivity contribution < 1.29 is 19.1 Å². The molecule has 2 amide bonds. The molecule has 0 radical (unpaired) electrons. The highest BCUT2D eigenvalue weighted by atomic mass is 32.1. The van der Waals surface area contributed by atoms with Crippen LogP contribution in [0.5, 0.6) is 11.5 Å². The molecule has 8 heteroatoms. The Kier molecular flexibility index (Phi) is 3.98. The third-order valence-electron chi connectivity index (χ3n) is 5.43. The number of carbonyl (C=O) groups excluding carboxylic acids is 2. The maximum atomic E-state index is 12.8. The molecule has 142 valence electrons. The number of thiophene rings is 1. The minimum atomic E-state index is -0.457. The van der Waals surface area contributed by atoms with Crippen LogP contribution in [0.3, 0.4) is 0 Å². The summed E-state index contributed by atoms with van der Waals surface area (Å²) in [5.41, 5.74) is 2.35. The van der Waals surface area contributed by atoms with Gasteiger partial charge >= 0.3 is 0 Å². The molecule has 2 aliphatic heterocycles. The zero-order valence-corrected chi connectivity index (χ0v) is 15.8. The first kappa shape index (κ1) is 17.1. The minimum absolute atomic E-state index is 0.104. The maximum absolute atomic E-state index is 12.8. The average molecular weight is 395 g/mol. The number of hydrogen-bond donors (Lipinski definition) is 1. The second-order valence-corrected chi connectivity index (χ2v) is 8.21. The highest BCUT2D eigenvalue weighted by Crippen LogP contribution is 2.40. The Morgan fingerprint density at radius 2 is 2.14 bits per heavy atom. The van der Waals surface area contributed by atoms with Gasteiger partial charge in [-0.25, -0.2) is 0 Å². The maximum Gasteiger partial charge on any atom is 0.231 e. The van der Waals surface area contributed by atoms with Crippen molar-refractivity contribution in [3.8, 4) is 17.6 Å². The van der Waals surface area contributed by atoms with Crippen molar-refractivity contribution in [3.63, 3.8) is 0 Å². The molecule has 28 heavy (non-hydrogen) atoms. The number of carbonyl (C=O) groups is 2. The van der Waals surface area contributed by atoms with Crippen molar-refractivity contribution in [1.82, 2.24) is 0 Å². The van der Waals surface area contributed by atoms with Crippen LogP contribution in [0.4, 0.5) is 10.7 Å². The summed E-state index contributed by atoms with van der Waals surface area (Å²) in [6.07, 6.45) is 3.06. The van der Waals surface area contributed by atoms with Crippen molar-refractivity contribution in [1.29, 1.82) is 5.26 Å². The average Bonchev–Trinajstić information content (AvgIpc) is 3.44. The predicted octanol–water partition coefficient (Wildman–Crippen LogP) is 2.83. The summed E-state index contributed by atoms with van der Waals surface area (Å²) in [5, 5.41) is 13.0. The van der Waals surface area contributed by atoms with Crippen molar-refractivity contribution in [3.05, 3.63) is 34.2 Å². The van der Waals surface area contributed by atoms with Gasteiger partial charge in [-0.05, 0) is 37.0 Å². The lowest BCUT2D eigenvalue weighted by atomic mass is 10.1. The van der Waals surface area contributed by atoms with Crippen LogP contribution in [0.25, 0.3) is 0 Å². The molecule has 1 aromatic carbocycles. The van der Waals surface area contributed by atoms with Gasteiger partial charge in [-0.2, -0.15) is 5.26 Å². The van der Waals surface area contributed by atoms with Gasteiger partial charge < -0.3 is 19.7 Å². The highest BCUT2D eigenvalue weighted by Gasteiger charge is 2.36. The first-order valence-corrected chi connectivity index (χ1v) is 10.0. The van der Waals surface area contributed by atoms with E-state index in [4.69, 9.17) is 9.47 Å². The molecular formula is C20H17N3O4S. The summed E-state index contributed by atoms with van der Waals surface area (Å²) in [5.74, 6) is 0.479. The summed E-state index contributed by atoms with van der Waals surface area (Å²) in [7, 11) is 0. The lowest BCUT2D eigenvalue weighted by Gasteiger charge is -2.17. The summed E-state index contributed by atoms with van der Waals surface area (Å²) in [6.45, 7) is 0.473. The zero-order chi connectivity index (χ0) is 19.3. The first-order chi connectivity index (χ1) is 13.6. The van der Waals surface area contributed by atoms with Crippen molar-refractivity contribution >= 4 is 33.8 Å². The molecule has 3 aliphatic rings. The molecular weight excluding hydrogens is 378 g/mol. The summed E-state index contributed by atoms with van der Waals surface area (Å²) in [6, 6.07) is 7.56. The number of nitrogens with zero attached hydrogens (tertiary/aromatic N) is 2. The predicted molar refractivity (Wildman–Crippen MR) is 103 cm³/mol. The number of rotatable bonds is 3. The van der Waals surface area contributed by atoms with Gasteiger partial charge in [0.05, 0.1) is 11.5 Å². The number of amides is 2. The molecule has 0 spiro atoms. The fourth-order valence-electron chi connectivity index (χ4n) is 4.01. The molecule has 0 unspecified atom stereocenters. The van der Waals surface area contributed by atoms with Crippen LogP contribution in [-0.4, -0.2) is 25.2 Å². The van der Waals surface area contributed by atoms with Crippen LogP contribution in [0, 0.1) is 17.2 Å². The summed E-state index contributed by atoms with van der Waals surface area (Å²) < 4.78 is 10.7. The van der Waals surface area contributed by atoms with E-state index in [9.17, 15) is 14.9 Å². The molecule has 1 aromatic heterocycles. The normalized spacial score (nSPS) is 19.6. The number of nitriles is 1. The number of aryl methyl sites for hydroxylation is 1. The molecule has 2 aromatic rings. The molecule has 0 bridgehead atoms. The SMILES string of the molecule is N#Cc1c(NC(=O)[C@@H]2CC(=O)N(c3ccc4c(c3)OCO4)C2)sc2c1CCC2. The molecule has 1 N–H and O–H groups in total. The first-order valence-electron chi connectivity index (χ1n) is 9.19. The summed E-state index contributed by atoms with van der Waals surface area (Å²) in [4.78, 5) is 28.1. The van der Waals surface area contributed by atoms with Gasteiger partial charge in [0.1, 0.15) is 11.1 Å². The van der Waals surface area contributed by atoms with E-state index in [-0.39, 0.29) is 25.0 Å². The lowest BCUT2D eigenvalue weighted by Crippen LogP contribution is -2.28. The topological polar surface area (TPSA) is 91.7 Å². The van der Waals surface area contributed by atoms with Gasteiger partial charge in [0.25, 0.3) is 0 Å². The van der Waals surface area contributed by atoms with E-state index < -0.39 is 5.92 Å².